The first-order valence-electron chi connectivity index (χ1n) is 7.25. The van der Waals surface area contributed by atoms with Crippen molar-refractivity contribution < 1.29 is 10.2 Å². The number of rotatable bonds is 5. The van der Waals surface area contributed by atoms with Gasteiger partial charge in [0.25, 0.3) is 0 Å². The second kappa shape index (κ2) is 6.17. The standard InChI is InChI=1S/C17H19N3O2/c1-12-3-2-8-20-10-16(19-17(12)20)13-4-6-14(7-5-13)18-9-15(22)11-21/h2-8,10,15,18,21-22H,9,11H2,1H3. The normalized spacial score (nSPS) is 12.5. The van der Waals surface area contributed by atoms with Gasteiger partial charge >= 0.3 is 0 Å². The van der Waals surface area contributed by atoms with E-state index in [0.29, 0.717) is 6.54 Å². The van der Waals surface area contributed by atoms with Crippen molar-refractivity contribution in [1.82, 2.24) is 9.38 Å². The van der Waals surface area contributed by atoms with E-state index >= 15 is 0 Å². The topological polar surface area (TPSA) is 69.8 Å². The molecule has 22 heavy (non-hydrogen) atoms. The number of aryl methyl sites for hydroxylation is 1. The van der Waals surface area contributed by atoms with E-state index in [1.807, 2.05) is 60.1 Å². The van der Waals surface area contributed by atoms with Gasteiger partial charge in [0.1, 0.15) is 5.65 Å². The number of hydrogen-bond donors (Lipinski definition) is 3. The molecule has 0 spiro atoms. The molecule has 5 heteroatoms. The summed E-state index contributed by atoms with van der Waals surface area (Å²) in [6, 6.07) is 11.9. The van der Waals surface area contributed by atoms with Crippen LogP contribution >= 0.6 is 0 Å². The Morgan fingerprint density at radius 2 is 2.00 bits per heavy atom. The molecule has 0 aliphatic rings. The lowest BCUT2D eigenvalue weighted by Gasteiger charge is -2.10. The molecular formula is C17H19N3O2. The minimum atomic E-state index is -0.749. The van der Waals surface area contributed by atoms with Crippen LogP contribution in [0.25, 0.3) is 16.9 Å². The molecule has 2 heterocycles. The Kier molecular flexibility index (Phi) is 4.09. The lowest BCUT2D eigenvalue weighted by atomic mass is 10.1. The van der Waals surface area contributed by atoms with Crippen LogP contribution in [-0.2, 0) is 0 Å². The highest BCUT2D eigenvalue weighted by atomic mass is 16.3. The number of aliphatic hydroxyl groups is 2. The number of aliphatic hydroxyl groups excluding tert-OH is 2. The summed E-state index contributed by atoms with van der Waals surface area (Å²) in [5.74, 6) is 0. The Bertz CT molecular complexity index is 765. The third-order valence-electron chi connectivity index (χ3n) is 3.61. The van der Waals surface area contributed by atoms with Crippen molar-refractivity contribution in [1.29, 1.82) is 0 Å². The molecule has 0 radical (unpaired) electrons. The summed E-state index contributed by atoms with van der Waals surface area (Å²) in [4.78, 5) is 4.67. The van der Waals surface area contributed by atoms with Crippen LogP contribution in [0.5, 0.6) is 0 Å². The fourth-order valence-corrected chi connectivity index (χ4v) is 2.35. The SMILES string of the molecule is Cc1cccn2cc(-c3ccc(NCC(O)CO)cc3)nc12. The number of fused-ring (bicyclic) bond motifs is 1. The van der Waals surface area contributed by atoms with Crippen LogP contribution in [0.2, 0.25) is 0 Å². The van der Waals surface area contributed by atoms with E-state index in [1.54, 1.807) is 0 Å². The lowest BCUT2D eigenvalue weighted by molar-refractivity contribution is 0.105. The van der Waals surface area contributed by atoms with Crippen molar-refractivity contribution in [3.8, 4) is 11.3 Å². The van der Waals surface area contributed by atoms with Gasteiger partial charge in [-0.15, -0.1) is 0 Å². The van der Waals surface area contributed by atoms with Crippen molar-refractivity contribution in [2.45, 2.75) is 13.0 Å². The van der Waals surface area contributed by atoms with Crippen LogP contribution in [-0.4, -0.2) is 38.9 Å². The number of anilines is 1. The van der Waals surface area contributed by atoms with E-state index in [4.69, 9.17) is 5.11 Å². The van der Waals surface area contributed by atoms with Gasteiger partial charge in [-0.3, -0.25) is 0 Å². The second-order valence-electron chi connectivity index (χ2n) is 5.34. The quantitative estimate of drug-likeness (QED) is 0.674. The number of nitrogens with one attached hydrogen (secondary N) is 1. The molecule has 0 fully saturated rings. The minimum Gasteiger partial charge on any atom is -0.394 e. The average molecular weight is 297 g/mol. The second-order valence-corrected chi connectivity index (χ2v) is 5.34. The minimum absolute atomic E-state index is 0.244. The molecule has 0 aliphatic heterocycles. The van der Waals surface area contributed by atoms with E-state index in [2.05, 4.69) is 10.3 Å². The predicted molar refractivity (Wildman–Crippen MR) is 86.9 cm³/mol. The highest BCUT2D eigenvalue weighted by Gasteiger charge is 2.06. The average Bonchev–Trinajstić information content (AvgIpc) is 2.98. The van der Waals surface area contributed by atoms with Crippen LogP contribution in [0.15, 0.2) is 48.8 Å². The van der Waals surface area contributed by atoms with Crippen molar-refractivity contribution in [2.24, 2.45) is 0 Å². The maximum atomic E-state index is 9.33. The number of hydrogen-bond acceptors (Lipinski definition) is 4. The van der Waals surface area contributed by atoms with Gasteiger partial charge in [0, 0.05) is 30.2 Å². The summed E-state index contributed by atoms with van der Waals surface area (Å²) in [7, 11) is 0. The van der Waals surface area contributed by atoms with E-state index in [0.717, 1.165) is 28.2 Å². The molecule has 3 rings (SSSR count). The third kappa shape index (κ3) is 2.95. The maximum absolute atomic E-state index is 9.33. The summed E-state index contributed by atoms with van der Waals surface area (Å²) in [5, 5.41) is 21.2. The van der Waals surface area contributed by atoms with Crippen LogP contribution in [0.1, 0.15) is 5.56 Å². The van der Waals surface area contributed by atoms with Crippen molar-refractivity contribution in [3.05, 3.63) is 54.4 Å². The number of aromatic nitrogens is 2. The smallest absolute Gasteiger partial charge is 0.140 e. The molecule has 0 saturated heterocycles. The van der Waals surface area contributed by atoms with Crippen LogP contribution in [0, 0.1) is 6.92 Å². The highest BCUT2D eigenvalue weighted by Crippen LogP contribution is 2.22. The molecule has 0 amide bonds. The number of nitrogens with zero attached hydrogens (tertiary/aromatic N) is 2. The van der Waals surface area contributed by atoms with Gasteiger partial charge in [-0.25, -0.2) is 4.98 Å². The zero-order valence-corrected chi connectivity index (χ0v) is 12.4. The molecular weight excluding hydrogens is 278 g/mol. The molecule has 2 aromatic heterocycles. The largest absolute Gasteiger partial charge is 0.394 e. The Morgan fingerprint density at radius 1 is 1.23 bits per heavy atom. The number of imidazole rings is 1. The molecule has 114 valence electrons. The van der Waals surface area contributed by atoms with Gasteiger partial charge in [0.15, 0.2) is 0 Å². The van der Waals surface area contributed by atoms with E-state index in [9.17, 15) is 5.11 Å². The maximum Gasteiger partial charge on any atom is 0.140 e. The molecule has 3 aromatic rings. The molecule has 1 unspecified atom stereocenters. The predicted octanol–water partition coefficient (Wildman–Crippen LogP) is 2.07. The van der Waals surface area contributed by atoms with Crippen molar-refractivity contribution in [3.63, 3.8) is 0 Å². The lowest BCUT2D eigenvalue weighted by Crippen LogP contribution is -2.22. The van der Waals surface area contributed by atoms with Crippen molar-refractivity contribution >= 4 is 11.3 Å². The Hall–Kier alpha value is -2.37. The molecule has 0 saturated carbocycles. The van der Waals surface area contributed by atoms with Crippen LogP contribution < -0.4 is 5.32 Å². The summed E-state index contributed by atoms with van der Waals surface area (Å²) in [6.07, 6.45) is 3.26. The van der Waals surface area contributed by atoms with Crippen LogP contribution in [0.3, 0.4) is 0 Å². The summed E-state index contributed by atoms with van der Waals surface area (Å²) < 4.78 is 2.02. The molecule has 0 aliphatic carbocycles. The molecule has 3 N–H and O–H groups in total. The van der Waals surface area contributed by atoms with Gasteiger partial charge in [-0.2, -0.15) is 0 Å². The van der Waals surface area contributed by atoms with E-state index in [1.165, 1.54) is 0 Å². The van der Waals surface area contributed by atoms with Gasteiger partial charge in [-0.05, 0) is 30.7 Å². The molecule has 0 bridgehead atoms. The summed E-state index contributed by atoms with van der Waals surface area (Å²) >= 11 is 0. The fourth-order valence-electron chi connectivity index (χ4n) is 2.35. The Labute approximate surface area is 128 Å². The van der Waals surface area contributed by atoms with Gasteiger partial charge in [-0.1, -0.05) is 18.2 Å². The summed E-state index contributed by atoms with van der Waals surface area (Å²) in [5.41, 5.74) is 4.97. The monoisotopic (exact) mass is 297 g/mol. The highest BCUT2D eigenvalue weighted by molar-refractivity contribution is 5.66. The zero-order valence-electron chi connectivity index (χ0n) is 12.4. The Balaban J connectivity index is 1.80. The molecule has 1 aromatic carbocycles. The van der Waals surface area contributed by atoms with Gasteiger partial charge < -0.3 is 19.9 Å². The van der Waals surface area contributed by atoms with E-state index in [-0.39, 0.29) is 6.61 Å². The first kappa shape index (κ1) is 14.6. The third-order valence-corrected chi connectivity index (χ3v) is 3.61. The summed E-state index contributed by atoms with van der Waals surface area (Å²) in [6.45, 7) is 2.13. The number of pyridine rings is 1. The first-order valence-corrected chi connectivity index (χ1v) is 7.25. The van der Waals surface area contributed by atoms with Crippen molar-refractivity contribution in [2.75, 3.05) is 18.5 Å². The molecule has 1 atom stereocenters. The van der Waals surface area contributed by atoms with E-state index < -0.39 is 6.10 Å². The van der Waals surface area contributed by atoms with Gasteiger partial charge in [0.2, 0.25) is 0 Å². The Morgan fingerprint density at radius 3 is 2.68 bits per heavy atom. The van der Waals surface area contributed by atoms with Crippen LogP contribution in [0.4, 0.5) is 5.69 Å². The molecule has 5 nitrogen and oxygen atoms in total. The first-order chi connectivity index (χ1) is 10.7. The fraction of sp³-hybridized carbons (Fsp3) is 0.235. The van der Waals surface area contributed by atoms with Gasteiger partial charge in [0.05, 0.1) is 18.4 Å². The zero-order chi connectivity index (χ0) is 15.5. The number of benzene rings is 1.